The summed E-state index contributed by atoms with van der Waals surface area (Å²) in [6, 6.07) is 12.1. The van der Waals surface area contributed by atoms with Crippen LogP contribution in [0.15, 0.2) is 36.4 Å². The Hall–Kier alpha value is -2.49. The van der Waals surface area contributed by atoms with E-state index in [9.17, 15) is 4.79 Å². The fourth-order valence-electron chi connectivity index (χ4n) is 2.72. The number of benzene rings is 2. The van der Waals surface area contributed by atoms with Gasteiger partial charge in [-0.1, -0.05) is 36.8 Å². The maximum Gasteiger partial charge on any atom is 0.261 e. The molecule has 1 unspecified atom stereocenters. The standard InChI is InChI=1S/C22H29NO3/c1-6-19(26-21-14-16(3)7-9-17(21)4)22(24)23-11-12-25-20-10-8-15(2)13-18(20)5/h7-10,13-14,19H,6,11-12H2,1-5H3,(H,23,24). The van der Waals surface area contributed by atoms with Crippen molar-refractivity contribution in [1.82, 2.24) is 5.32 Å². The highest BCUT2D eigenvalue weighted by atomic mass is 16.5. The van der Waals surface area contributed by atoms with Crippen LogP contribution < -0.4 is 14.8 Å². The number of carbonyl (C=O) groups is 1. The summed E-state index contributed by atoms with van der Waals surface area (Å²) < 4.78 is 11.7. The van der Waals surface area contributed by atoms with E-state index in [1.54, 1.807) is 0 Å². The maximum absolute atomic E-state index is 12.4. The number of hydrogen-bond donors (Lipinski definition) is 1. The highest BCUT2D eigenvalue weighted by Crippen LogP contribution is 2.21. The molecule has 0 aliphatic heterocycles. The molecule has 1 atom stereocenters. The third kappa shape index (κ3) is 5.51. The van der Waals surface area contributed by atoms with Gasteiger partial charge in [-0.25, -0.2) is 0 Å². The van der Waals surface area contributed by atoms with Gasteiger partial charge in [0.25, 0.3) is 5.91 Å². The molecule has 1 amide bonds. The molecule has 0 heterocycles. The second-order valence-electron chi connectivity index (χ2n) is 6.69. The van der Waals surface area contributed by atoms with Crippen LogP contribution in [0.5, 0.6) is 11.5 Å². The van der Waals surface area contributed by atoms with E-state index in [0.717, 1.165) is 28.2 Å². The minimum absolute atomic E-state index is 0.113. The molecule has 4 nitrogen and oxygen atoms in total. The molecule has 0 aliphatic carbocycles. The smallest absolute Gasteiger partial charge is 0.261 e. The van der Waals surface area contributed by atoms with E-state index < -0.39 is 6.10 Å². The highest BCUT2D eigenvalue weighted by Gasteiger charge is 2.18. The van der Waals surface area contributed by atoms with Crippen molar-refractivity contribution in [3.8, 4) is 11.5 Å². The first-order valence-corrected chi connectivity index (χ1v) is 9.12. The third-order valence-corrected chi connectivity index (χ3v) is 4.27. The van der Waals surface area contributed by atoms with Gasteiger partial charge in [0, 0.05) is 0 Å². The molecular formula is C22H29NO3. The van der Waals surface area contributed by atoms with E-state index >= 15 is 0 Å². The van der Waals surface area contributed by atoms with E-state index in [1.165, 1.54) is 5.56 Å². The van der Waals surface area contributed by atoms with Gasteiger partial charge < -0.3 is 14.8 Å². The van der Waals surface area contributed by atoms with Gasteiger partial charge in [0.2, 0.25) is 0 Å². The van der Waals surface area contributed by atoms with Gasteiger partial charge in [-0.2, -0.15) is 0 Å². The molecule has 2 aromatic carbocycles. The average Bonchev–Trinajstić information content (AvgIpc) is 2.60. The van der Waals surface area contributed by atoms with Gasteiger partial charge in [-0.05, 0) is 62.9 Å². The SMILES string of the molecule is CCC(Oc1cc(C)ccc1C)C(=O)NCCOc1ccc(C)cc1C. The van der Waals surface area contributed by atoms with Crippen LogP contribution in [0.2, 0.25) is 0 Å². The number of ether oxygens (including phenoxy) is 2. The monoisotopic (exact) mass is 355 g/mol. The summed E-state index contributed by atoms with van der Waals surface area (Å²) in [6.07, 6.45) is 0.105. The largest absolute Gasteiger partial charge is 0.491 e. The Bertz CT molecular complexity index is 755. The Morgan fingerprint density at radius 3 is 2.35 bits per heavy atom. The highest BCUT2D eigenvalue weighted by molar-refractivity contribution is 5.81. The molecule has 4 heteroatoms. The molecule has 0 radical (unpaired) electrons. The molecule has 0 bridgehead atoms. The van der Waals surface area contributed by atoms with Crippen LogP contribution in [0.25, 0.3) is 0 Å². The lowest BCUT2D eigenvalue weighted by Gasteiger charge is -2.19. The van der Waals surface area contributed by atoms with Crippen molar-refractivity contribution < 1.29 is 14.3 Å². The summed E-state index contributed by atoms with van der Waals surface area (Å²) in [7, 11) is 0. The van der Waals surface area contributed by atoms with Crippen LogP contribution in [0.1, 0.15) is 35.6 Å². The summed E-state index contributed by atoms with van der Waals surface area (Å²) in [5.74, 6) is 1.50. The van der Waals surface area contributed by atoms with Crippen LogP contribution in [0.3, 0.4) is 0 Å². The van der Waals surface area contributed by atoms with Crippen molar-refractivity contribution in [3.63, 3.8) is 0 Å². The summed E-state index contributed by atoms with van der Waals surface area (Å²) in [5.41, 5.74) is 4.45. The van der Waals surface area contributed by atoms with Crippen LogP contribution >= 0.6 is 0 Å². The maximum atomic E-state index is 12.4. The minimum atomic E-state index is -0.503. The lowest BCUT2D eigenvalue weighted by Crippen LogP contribution is -2.39. The lowest BCUT2D eigenvalue weighted by molar-refractivity contribution is -0.128. The summed E-state index contributed by atoms with van der Waals surface area (Å²) >= 11 is 0. The Morgan fingerprint density at radius 1 is 0.962 bits per heavy atom. The van der Waals surface area contributed by atoms with Crippen molar-refractivity contribution in [3.05, 3.63) is 58.7 Å². The van der Waals surface area contributed by atoms with Gasteiger partial charge in [0.05, 0.1) is 6.54 Å². The van der Waals surface area contributed by atoms with Crippen LogP contribution in [0.4, 0.5) is 0 Å². The topological polar surface area (TPSA) is 47.6 Å². The van der Waals surface area contributed by atoms with E-state index in [2.05, 4.69) is 18.3 Å². The predicted molar refractivity (Wildman–Crippen MR) is 105 cm³/mol. The molecule has 2 aromatic rings. The van der Waals surface area contributed by atoms with Crippen molar-refractivity contribution in [1.29, 1.82) is 0 Å². The van der Waals surface area contributed by atoms with Gasteiger partial charge in [0.15, 0.2) is 6.10 Å². The van der Waals surface area contributed by atoms with Crippen LogP contribution in [-0.2, 0) is 4.79 Å². The van der Waals surface area contributed by atoms with E-state index in [-0.39, 0.29) is 5.91 Å². The normalized spacial score (nSPS) is 11.7. The second kappa shape index (κ2) is 9.27. The first-order chi connectivity index (χ1) is 12.4. The fourth-order valence-corrected chi connectivity index (χ4v) is 2.72. The summed E-state index contributed by atoms with van der Waals surface area (Å²) in [5, 5.41) is 2.90. The van der Waals surface area contributed by atoms with E-state index in [1.807, 2.05) is 58.0 Å². The molecule has 140 valence electrons. The molecule has 26 heavy (non-hydrogen) atoms. The zero-order chi connectivity index (χ0) is 19.1. The Morgan fingerprint density at radius 2 is 1.65 bits per heavy atom. The van der Waals surface area contributed by atoms with Crippen molar-refractivity contribution in [2.45, 2.75) is 47.1 Å². The predicted octanol–water partition coefficient (Wildman–Crippen LogP) is 4.27. The molecule has 0 aromatic heterocycles. The molecule has 0 saturated carbocycles. The zero-order valence-electron chi connectivity index (χ0n) is 16.4. The molecular weight excluding hydrogens is 326 g/mol. The van der Waals surface area contributed by atoms with Crippen molar-refractivity contribution in [2.24, 2.45) is 0 Å². The Balaban J connectivity index is 1.84. The van der Waals surface area contributed by atoms with Gasteiger partial charge >= 0.3 is 0 Å². The summed E-state index contributed by atoms with van der Waals surface area (Å²) in [6.45, 7) is 10.9. The zero-order valence-corrected chi connectivity index (χ0v) is 16.4. The minimum Gasteiger partial charge on any atom is -0.491 e. The molecule has 0 saturated heterocycles. The fraction of sp³-hybridized carbons (Fsp3) is 0.409. The van der Waals surface area contributed by atoms with Crippen molar-refractivity contribution in [2.75, 3.05) is 13.2 Å². The number of aryl methyl sites for hydroxylation is 4. The van der Waals surface area contributed by atoms with Gasteiger partial charge in [-0.15, -0.1) is 0 Å². The second-order valence-corrected chi connectivity index (χ2v) is 6.69. The quantitative estimate of drug-likeness (QED) is 0.719. The Kier molecular flexibility index (Phi) is 7.07. The number of carbonyl (C=O) groups excluding carboxylic acids is 1. The average molecular weight is 355 g/mol. The molecule has 0 fully saturated rings. The first-order valence-electron chi connectivity index (χ1n) is 9.12. The number of hydrogen-bond acceptors (Lipinski definition) is 3. The number of amides is 1. The summed E-state index contributed by atoms with van der Waals surface area (Å²) in [4.78, 5) is 12.4. The van der Waals surface area contributed by atoms with Crippen LogP contribution in [0, 0.1) is 27.7 Å². The first kappa shape index (κ1) is 19.8. The van der Waals surface area contributed by atoms with Crippen LogP contribution in [-0.4, -0.2) is 25.2 Å². The van der Waals surface area contributed by atoms with Gasteiger partial charge in [0.1, 0.15) is 18.1 Å². The molecule has 0 aliphatic rings. The third-order valence-electron chi connectivity index (χ3n) is 4.27. The molecule has 2 rings (SSSR count). The van der Waals surface area contributed by atoms with Gasteiger partial charge in [-0.3, -0.25) is 4.79 Å². The Labute approximate surface area is 156 Å². The number of nitrogens with one attached hydrogen (secondary N) is 1. The van der Waals surface area contributed by atoms with Crippen molar-refractivity contribution >= 4 is 5.91 Å². The number of rotatable bonds is 8. The van der Waals surface area contributed by atoms with E-state index in [4.69, 9.17) is 9.47 Å². The van der Waals surface area contributed by atoms with E-state index in [0.29, 0.717) is 19.6 Å². The molecule has 0 spiro atoms. The lowest BCUT2D eigenvalue weighted by atomic mass is 10.1. The molecule has 1 N–H and O–H groups in total.